The first kappa shape index (κ1) is 14.8. The number of carbonyl (C=O) groups is 2. The second-order valence-corrected chi connectivity index (χ2v) is 6.29. The SMILES string of the molecule is O=C(COC(=O)C1CC1)N[C@@H](c1ccccc1)c1cccs1. The maximum Gasteiger partial charge on any atom is 0.309 e. The van der Waals surface area contributed by atoms with E-state index in [-0.39, 0.29) is 30.4 Å². The summed E-state index contributed by atoms with van der Waals surface area (Å²) in [7, 11) is 0. The third kappa shape index (κ3) is 3.74. The molecular weight excluding hydrogens is 298 g/mol. The summed E-state index contributed by atoms with van der Waals surface area (Å²) in [5.74, 6) is -0.534. The van der Waals surface area contributed by atoms with Crippen LogP contribution in [-0.4, -0.2) is 18.5 Å². The smallest absolute Gasteiger partial charge is 0.309 e. The van der Waals surface area contributed by atoms with Gasteiger partial charge in [0.25, 0.3) is 5.91 Å². The summed E-state index contributed by atoms with van der Waals surface area (Å²) < 4.78 is 5.03. The van der Waals surface area contributed by atoms with E-state index >= 15 is 0 Å². The molecule has 114 valence electrons. The van der Waals surface area contributed by atoms with Crippen LogP contribution in [0.1, 0.15) is 29.3 Å². The van der Waals surface area contributed by atoms with Crippen LogP contribution in [-0.2, 0) is 14.3 Å². The van der Waals surface area contributed by atoms with E-state index in [2.05, 4.69) is 5.32 Å². The number of amides is 1. The molecule has 2 aromatic rings. The zero-order valence-electron chi connectivity index (χ0n) is 12.0. The van der Waals surface area contributed by atoms with Gasteiger partial charge in [-0.1, -0.05) is 36.4 Å². The van der Waals surface area contributed by atoms with Gasteiger partial charge in [-0.25, -0.2) is 0 Å². The fourth-order valence-corrected chi connectivity index (χ4v) is 3.00. The molecule has 1 aliphatic carbocycles. The molecule has 0 aliphatic heterocycles. The number of thiophene rings is 1. The normalized spacial score (nSPS) is 15.1. The van der Waals surface area contributed by atoms with Crippen LogP contribution in [0.3, 0.4) is 0 Å². The number of carbonyl (C=O) groups excluding carboxylic acids is 2. The van der Waals surface area contributed by atoms with E-state index < -0.39 is 0 Å². The van der Waals surface area contributed by atoms with Crippen molar-refractivity contribution in [2.75, 3.05) is 6.61 Å². The molecule has 1 heterocycles. The molecule has 1 aromatic carbocycles. The van der Waals surface area contributed by atoms with Crippen LogP contribution < -0.4 is 5.32 Å². The Balaban J connectivity index is 1.65. The number of ether oxygens (including phenoxy) is 1. The van der Waals surface area contributed by atoms with E-state index in [0.29, 0.717) is 0 Å². The van der Waals surface area contributed by atoms with Crippen LogP contribution in [0.2, 0.25) is 0 Å². The molecule has 1 aromatic heterocycles. The maximum absolute atomic E-state index is 12.1. The van der Waals surface area contributed by atoms with Gasteiger partial charge >= 0.3 is 5.97 Å². The lowest BCUT2D eigenvalue weighted by molar-refractivity contribution is -0.149. The number of nitrogens with one attached hydrogen (secondary N) is 1. The summed E-state index contributed by atoms with van der Waals surface area (Å²) in [6.45, 7) is -0.218. The van der Waals surface area contributed by atoms with Gasteiger partial charge in [0.15, 0.2) is 6.61 Å². The Morgan fingerprint density at radius 1 is 1.18 bits per heavy atom. The minimum absolute atomic E-state index is 0.00927. The van der Waals surface area contributed by atoms with E-state index in [9.17, 15) is 9.59 Å². The van der Waals surface area contributed by atoms with Gasteiger partial charge in [-0.15, -0.1) is 11.3 Å². The molecule has 0 radical (unpaired) electrons. The molecule has 5 heteroatoms. The van der Waals surface area contributed by atoms with E-state index in [1.54, 1.807) is 11.3 Å². The van der Waals surface area contributed by atoms with Crippen molar-refractivity contribution in [3.05, 3.63) is 58.3 Å². The monoisotopic (exact) mass is 315 g/mol. The van der Waals surface area contributed by atoms with E-state index in [4.69, 9.17) is 4.74 Å². The molecule has 22 heavy (non-hydrogen) atoms. The molecule has 1 N–H and O–H groups in total. The first-order valence-electron chi connectivity index (χ1n) is 7.28. The first-order chi connectivity index (χ1) is 10.7. The van der Waals surface area contributed by atoms with Crippen molar-refractivity contribution in [3.8, 4) is 0 Å². The van der Waals surface area contributed by atoms with Crippen molar-refractivity contribution in [2.24, 2.45) is 5.92 Å². The van der Waals surface area contributed by atoms with Crippen LogP contribution in [0.15, 0.2) is 47.8 Å². The second-order valence-electron chi connectivity index (χ2n) is 5.31. The van der Waals surface area contributed by atoms with Crippen LogP contribution >= 0.6 is 11.3 Å². The standard InChI is InChI=1S/C17H17NO3S/c19-15(11-21-17(20)13-8-9-13)18-16(14-7-4-10-22-14)12-5-2-1-3-6-12/h1-7,10,13,16H,8-9,11H2,(H,18,19)/t16-/m0/s1. The number of hydrogen-bond acceptors (Lipinski definition) is 4. The van der Waals surface area contributed by atoms with Crippen LogP contribution in [0.5, 0.6) is 0 Å². The highest BCUT2D eigenvalue weighted by molar-refractivity contribution is 7.10. The average molecular weight is 315 g/mol. The number of esters is 1. The fourth-order valence-electron chi connectivity index (χ4n) is 2.20. The Hall–Kier alpha value is -2.14. The molecule has 3 rings (SSSR count). The predicted molar refractivity (Wildman–Crippen MR) is 84.4 cm³/mol. The van der Waals surface area contributed by atoms with E-state index in [1.165, 1.54) is 0 Å². The van der Waals surface area contributed by atoms with Crippen LogP contribution in [0.25, 0.3) is 0 Å². The molecular formula is C17H17NO3S. The Morgan fingerprint density at radius 2 is 1.95 bits per heavy atom. The highest BCUT2D eigenvalue weighted by Gasteiger charge is 2.31. The van der Waals surface area contributed by atoms with Crippen molar-refractivity contribution in [1.29, 1.82) is 0 Å². The number of rotatable bonds is 6. The molecule has 0 spiro atoms. The topological polar surface area (TPSA) is 55.4 Å². The lowest BCUT2D eigenvalue weighted by atomic mass is 10.1. The van der Waals surface area contributed by atoms with Crippen LogP contribution in [0, 0.1) is 5.92 Å². The zero-order valence-corrected chi connectivity index (χ0v) is 12.8. The Bertz CT molecular complexity index is 635. The van der Waals surface area contributed by atoms with Crippen molar-refractivity contribution < 1.29 is 14.3 Å². The molecule has 1 fully saturated rings. The third-order valence-corrected chi connectivity index (χ3v) is 4.46. The highest BCUT2D eigenvalue weighted by atomic mass is 32.1. The second kappa shape index (κ2) is 6.75. The molecule has 1 atom stereocenters. The molecule has 4 nitrogen and oxygen atoms in total. The van der Waals surface area contributed by atoms with Gasteiger partial charge in [0.2, 0.25) is 0 Å². The Labute approximate surface area is 133 Å². The van der Waals surface area contributed by atoms with Gasteiger partial charge in [-0.05, 0) is 29.9 Å². The molecule has 0 saturated heterocycles. The first-order valence-corrected chi connectivity index (χ1v) is 8.16. The summed E-state index contributed by atoms with van der Waals surface area (Å²) in [5, 5.41) is 4.92. The van der Waals surface area contributed by atoms with Crippen molar-refractivity contribution in [1.82, 2.24) is 5.32 Å². The van der Waals surface area contributed by atoms with E-state index in [0.717, 1.165) is 23.3 Å². The van der Waals surface area contributed by atoms with Crippen molar-refractivity contribution >= 4 is 23.2 Å². The van der Waals surface area contributed by atoms with Crippen molar-refractivity contribution in [3.63, 3.8) is 0 Å². The largest absolute Gasteiger partial charge is 0.455 e. The summed E-state index contributed by atoms with van der Waals surface area (Å²) in [6.07, 6.45) is 1.75. The molecule has 0 bridgehead atoms. The summed E-state index contributed by atoms with van der Waals surface area (Å²) in [5.41, 5.74) is 1.01. The van der Waals surface area contributed by atoms with Gasteiger partial charge in [-0.2, -0.15) is 0 Å². The lowest BCUT2D eigenvalue weighted by Crippen LogP contribution is -2.32. The molecule has 1 amide bonds. The predicted octanol–water partition coefficient (Wildman–Crippen LogP) is 2.91. The average Bonchev–Trinajstić information content (AvgIpc) is 3.27. The van der Waals surface area contributed by atoms with Gasteiger partial charge < -0.3 is 10.1 Å². The van der Waals surface area contributed by atoms with Crippen molar-refractivity contribution in [2.45, 2.75) is 18.9 Å². The quantitative estimate of drug-likeness (QED) is 0.834. The van der Waals surface area contributed by atoms with Gasteiger partial charge in [0.1, 0.15) is 0 Å². The van der Waals surface area contributed by atoms with Crippen LogP contribution in [0.4, 0.5) is 0 Å². The summed E-state index contributed by atoms with van der Waals surface area (Å²) >= 11 is 1.58. The Morgan fingerprint density at radius 3 is 2.59 bits per heavy atom. The highest BCUT2D eigenvalue weighted by Crippen LogP contribution is 2.30. The molecule has 1 aliphatic rings. The van der Waals surface area contributed by atoms with Gasteiger partial charge in [0.05, 0.1) is 12.0 Å². The summed E-state index contributed by atoms with van der Waals surface area (Å²) in [4.78, 5) is 24.6. The van der Waals surface area contributed by atoms with Gasteiger partial charge in [-0.3, -0.25) is 9.59 Å². The number of hydrogen-bond donors (Lipinski definition) is 1. The maximum atomic E-state index is 12.1. The zero-order chi connectivity index (χ0) is 15.4. The molecule has 1 saturated carbocycles. The lowest BCUT2D eigenvalue weighted by Gasteiger charge is -2.18. The Kier molecular flexibility index (Phi) is 4.53. The van der Waals surface area contributed by atoms with Gasteiger partial charge in [0, 0.05) is 4.88 Å². The minimum atomic E-state index is -0.281. The van der Waals surface area contributed by atoms with E-state index in [1.807, 2.05) is 47.8 Å². The molecule has 0 unspecified atom stereocenters. The minimum Gasteiger partial charge on any atom is -0.455 e. The summed E-state index contributed by atoms with van der Waals surface area (Å²) in [6, 6.07) is 13.5. The third-order valence-electron chi connectivity index (χ3n) is 3.52. The fraction of sp³-hybridized carbons (Fsp3) is 0.294. The number of benzene rings is 1.